The van der Waals surface area contributed by atoms with Crippen LogP contribution in [0.1, 0.15) is 37.3 Å². The summed E-state index contributed by atoms with van der Waals surface area (Å²) in [4.78, 5) is 25.2. The SMILES string of the molecule is C[C@H](N)c1nc2cccc(Cl)c2cc1-c1cccc(F)c1.C[C@H](Nc1ncnc2nc[nH]c12)c1nc2cccc(Cl)c2cc1-c1cccc(F)c1. The van der Waals surface area contributed by atoms with Gasteiger partial charge >= 0.3 is 0 Å². The molecule has 0 aliphatic rings. The number of hydrogen-bond acceptors (Lipinski definition) is 7. The van der Waals surface area contributed by atoms with Crippen molar-refractivity contribution in [1.82, 2.24) is 29.9 Å². The molecule has 0 bridgehead atoms. The van der Waals surface area contributed by atoms with Gasteiger partial charge in [-0.15, -0.1) is 0 Å². The van der Waals surface area contributed by atoms with Crippen LogP contribution in [0.5, 0.6) is 0 Å². The lowest BCUT2D eigenvalue weighted by Crippen LogP contribution is -2.12. The molecule has 0 amide bonds. The van der Waals surface area contributed by atoms with Gasteiger partial charge in [0.15, 0.2) is 11.5 Å². The Morgan fingerprint density at radius 3 is 1.80 bits per heavy atom. The van der Waals surface area contributed by atoms with Crippen molar-refractivity contribution >= 4 is 62.0 Å². The van der Waals surface area contributed by atoms with Crippen molar-refractivity contribution in [3.63, 3.8) is 0 Å². The van der Waals surface area contributed by atoms with Gasteiger partial charge in [0.25, 0.3) is 0 Å². The molecule has 0 aliphatic carbocycles. The third-order valence-electron chi connectivity index (χ3n) is 8.36. The summed E-state index contributed by atoms with van der Waals surface area (Å²) in [6, 6.07) is 27.4. The van der Waals surface area contributed by atoms with Gasteiger partial charge in [0.1, 0.15) is 23.5 Å². The predicted octanol–water partition coefficient (Wildman–Crippen LogP) is 10.2. The molecule has 2 atom stereocenters. The first-order valence-electron chi connectivity index (χ1n) is 16.0. The molecule has 254 valence electrons. The van der Waals surface area contributed by atoms with Gasteiger partial charge in [0.2, 0.25) is 0 Å². The fraction of sp³-hybridized carbons (Fsp3) is 0.103. The first kappa shape index (κ1) is 33.9. The summed E-state index contributed by atoms with van der Waals surface area (Å²) in [5, 5.41) is 6.24. The van der Waals surface area contributed by atoms with Crippen LogP contribution in [0, 0.1) is 11.6 Å². The normalized spacial score (nSPS) is 12.5. The molecule has 4 N–H and O–H groups in total. The Morgan fingerprint density at radius 2 is 1.24 bits per heavy atom. The van der Waals surface area contributed by atoms with Crippen LogP contribution in [0.25, 0.3) is 55.2 Å². The van der Waals surface area contributed by atoms with E-state index in [9.17, 15) is 8.78 Å². The molecule has 8 nitrogen and oxygen atoms in total. The molecule has 0 fully saturated rings. The molecule has 12 heteroatoms. The molecule has 0 radical (unpaired) electrons. The van der Waals surface area contributed by atoms with Crippen LogP contribution in [0.15, 0.2) is 110 Å². The number of aromatic nitrogens is 6. The van der Waals surface area contributed by atoms with E-state index in [1.807, 2.05) is 74.5 Å². The highest BCUT2D eigenvalue weighted by atomic mass is 35.5. The number of aromatic amines is 1. The molecule has 4 heterocycles. The minimum Gasteiger partial charge on any atom is -0.360 e. The third-order valence-corrected chi connectivity index (χ3v) is 9.02. The van der Waals surface area contributed by atoms with E-state index in [0.29, 0.717) is 27.0 Å². The summed E-state index contributed by atoms with van der Waals surface area (Å²) in [5.41, 5.74) is 13.4. The van der Waals surface area contributed by atoms with E-state index in [4.69, 9.17) is 33.9 Å². The predicted molar refractivity (Wildman–Crippen MR) is 201 cm³/mol. The molecule has 4 aromatic carbocycles. The van der Waals surface area contributed by atoms with E-state index in [0.717, 1.165) is 55.4 Å². The van der Waals surface area contributed by atoms with Crippen LogP contribution in [0.3, 0.4) is 0 Å². The molecule has 0 saturated heterocycles. The number of anilines is 1. The zero-order chi connectivity index (χ0) is 35.6. The summed E-state index contributed by atoms with van der Waals surface area (Å²) >= 11 is 12.6. The quantitative estimate of drug-likeness (QED) is 0.157. The Labute approximate surface area is 301 Å². The standard InChI is InChI=1S/C22H16ClFN6.C17H14ClFN2/c1-12(29-22-20-21(26-10-25-20)27-11-28-22)19-15(13-4-2-5-14(24)8-13)9-16-17(23)6-3-7-18(16)30-19;1-10(20)17-13(11-4-2-5-12(19)8-11)9-14-15(18)6-3-7-16(14)21-17/h2-12H,1H3,(H2,25,26,27,28,29);2-10H,20H2,1H3/t12-;10-/m00/s1. The lowest BCUT2D eigenvalue weighted by molar-refractivity contribution is 0.628. The average molecular weight is 720 g/mol. The van der Waals surface area contributed by atoms with Gasteiger partial charge in [-0.25, -0.2) is 28.7 Å². The number of fused-ring (bicyclic) bond motifs is 3. The fourth-order valence-electron chi connectivity index (χ4n) is 5.95. The number of halogens is 4. The Kier molecular flexibility index (Phi) is 9.55. The average Bonchev–Trinajstić information content (AvgIpc) is 3.62. The first-order valence-corrected chi connectivity index (χ1v) is 16.8. The molecular weight excluding hydrogens is 689 g/mol. The van der Waals surface area contributed by atoms with E-state index in [1.165, 1.54) is 30.6 Å². The van der Waals surface area contributed by atoms with Crippen molar-refractivity contribution in [1.29, 1.82) is 0 Å². The zero-order valence-electron chi connectivity index (χ0n) is 27.4. The van der Waals surface area contributed by atoms with E-state index in [2.05, 4.69) is 30.2 Å². The number of pyridine rings is 2. The van der Waals surface area contributed by atoms with Crippen LogP contribution >= 0.6 is 23.2 Å². The van der Waals surface area contributed by atoms with Crippen LogP contribution in [-0.4, -0.2) is 29.9 Å². The summed E-state index contributed by atoms with van der Waals surface area (Å²) in [6.07, 6.45) is 3.03. The van der Waals surface area contributed by atoms with Gasteiger partial charge in [-0.1, -0.05) is 59.6 Å². The van der Waals surface area contributed by atoms with Crippen LogP contribution in [0.2, 0.25) is 10.0 Å². The molecule has 51 heavy (non-hydrogen) atoms. The highest BCUT2D eigenvalue weighted by molar-refractivity contribution is 6.35. The number of nitrogens with one attached hydrogen (secondary N) is 2. The van der Waals surface area contributed by atoms with E-state index < -0.39 is 0 Å². The number of benzene rings is 4. The fourth-order valence-corrected chi connectivity index (χ4v) is 6.40. The Hall–Kier alpha value is -5.55. The molecule has 0 spiro atoms. The molecule has 0 saturated carbocycles. The maximum absolute atomic E-state index is 14.0. The summed E-state index contributed by atoms with van der Waals surface area (Å²) < 4.78 is 27.5. The monoisotopic (exact) mass is 718 g/mol. The Morgan fingerprint density at radius 1 is 0.686 bits per heavy atom. The topological polar surface area (TPSA) is 118 Å². The van der Waals surface area contributed by atoms with Gasteiger partial charge in [-0.3, -0.25) is 4.98 Å². The van der Waals surface area contributed by atoms with Crippen molar-refractivity contribution in [2.75, 3.05) is 5.32 Å². The third kappa shape index (κ3) is 7.07. The Balaban J connectivity index is 0.000000170. The van der Waals surface area contributed by atoms with Crippen molar-refractivity contribution in [3.05, 3.63) is 143 Å². The van der Waals surface area contributed by atoms with Crippen molar-refractivity contribution in [2.24, 2.45) is 5.73 Å². The van der Waals surface area contributed by atoms with Gasteiger partial charge < -0.3 is 16.0 Å². The number of imidazole rings is 1. The molecule has 0 aliphatic heterocycles. The smallest absolute Gasteiger partial charge is 0.182 e. The maximum atomic E-state index is 14.0. The van der Waals surface area contributed by atoms with Crippen molar-refractivity contribution in [2.45, 2.75) is 25.9 Å². The highest BCUT2D eigenvalue weighted by Gasteiger charge is 2.19. The Bertz CT molecular complexity index is 2540. The van der Waals surface area contributed by atoms with Crippen molar-refractivity contribution < 1.29 is 8.78 Å². The lowest BCUT2D eigenvalue weighted by atomic mass is 9.98. The molecule has 0 unspecified atom stereocenters. The number of nitrogens with zero attached hydrogens (tertiary/aromatic N) is 5. The zero-order valence-corrected chi connectivity index (χ0v) is 28.9. The minimum atomic E-state index is -0.312. The van der Waals surface area contributed by atoms with Gasteiger partial charge in [0, 0.05) is 38.0 Å². The van der Waals surface area contributed by atoms with Gasteiger partial charge in [-0.2, -0.15) is 0 Å². The summed E-state index contributed by atoms with van der Waals surface area (Å²) in [6.45, 7) is 3.84. The van der Waals surface area contributed by atoms with Crippen LogP contribution in [0.4, 0.5) is 14.6 Å². The van der Waals surface area contributed by atoms with E-state index in [-0.39, 0.29) is 23.7 Å². The minimum absolute atomic E-state index is 0.243. The second-order valence-electron chi connectivity index (χ2n) is 12.0. The first-order chi connectivity index (χ1) is 24.7. The second kappa shape index (κ2) is 14.4. The van der Waals surface area contributed by atoms with Gasteiger partial charge in [-0.05, 0) is 85.6 Å². The van der Waals surface area contributed by atoms with E-state index in [1.54, 1.807) is 18.5 Å². The van der Waals surface area contributed by atoms with Crippen LogP contribution < -0.4 is 11.1 Å². The largest absolute Gasteiger partial charge is 0.360 e. The lowest BCUT2D eigenvalue weighted by Gasteiger charge is -2.19. The molecule has 8 rings (SSSR count). The second-order valence-corrected chi connectivity index (χ2v) is 12.8. The number of nitrogens with two attached hydrogens (primary N) is 1. The number of H-pyrrole nitrogens is 1. The van der Waals surface area contributed by atoms with Gasteiger partial charge in [0.05, 0.1) is 34.8 Å². The molecule has 4 aromatic heterocycles. The summed E-state index contributed by atoms with van der Waals surface area (Å²) in [5.74, 6) is 0.0128. The molecule has 8 aromatic rings. The van der Waals surface area contributed by atoms with E-state index >= 15 is 0 Å². The maximum Gasteiger partial charge on any atom is 0.182 e. The van der Waals surface area contributed by atoms with Crippen LogP contribution in [-0.2, 0) is 0 Å². The molecular formula is C39H30Cl2F2N8. The van der Waals surface area contributed by atoms with Crippen molar-refractivity contribution in [3.8, 4) is 22.3 Å². The highest BCUT2D eigenvalue weighted by Crippen LogP contribution is 2.35. The number of rotatable bonds is 6. The number of hydrogen-bond donors (Lipinski definition) is 3. The summed E-state index contributed by atoms with van der Waals surface area (Å²) in [7, 11) is 0.